The van der Waals surface area contributed by atoms with Gasteiger partial charge in [0.05, 0.1) is 16.8 Å². The number of aryl methyl sites for hydroxylation is 1. The van der Waals surface area contributed by atoms with Crippen molar-refractivity contribution in [1.82, 2.24) is 14.9 Å². The molecular formula is C17H19N5O3S. The number of rotatable bonds is 4. The average Bonchev–Trinajstić information content (AvgIpc) is 3.00. The van der Waals surface area contributed by atoms with Crippen LogP contribution in [0.15, 0.2) is 46.0 Å². The number of hydrogen-bond donors (Lipinski definition) is 1. The Bertz CT molecular complexity index is 937. The molecule has 8 nitrogen and oxygen atoms in total. The molecule has 1 aromatic heterocycles. The van der Waals surface area contributed by atoms with E-state index in [2.05, 4.69) is 19.7 Å². The van der Waals surface area contributed by atoms with Gasteiger partial charge in [0, 0.05) is 31.9 Å². The van der Waals surface area contributed by atoms with Crippen LogP contribution in [0.3, 0.4) is 0 Å². The normalized spacial score (nSPS) is 16.1. The Balaban J connectivity index is 1.74. The van der Waals surface area contributed by atoms with Gasteiger partial charge in [-0.3, -0.25) is 9.78 Å². The highest BCUT2D eigenvalue weighted by Gasteiger charge is 2.20. The number of amides is 1. The minimum Gasteiger partial charge on any atom is -0.362 e. The van der Waals surface area contributed by atoms with E-state index in [1.165, 1.54) is 36.7 Å². The Labute approximate surface area is 152 Å². The Morgan fingerprint density at radius 2 is 1.92 bits per heavy atom. The average molecular weight is 373 g/mol. The zero-order valence-corrected chi connectivity index (χ0v) is 15.3. The van der Waals surface area contributed by atoms with Gasteiger partial charge >= 0.3 is 0 Å². The van der Waals surface area contributed by atoms with Crippen molar-refractivity contribution in [2.45, 2.75) is 24.7 Å². The predicted molar refractivity (Wildman–Crippen MR) is 97.6 cm³/mol. The number of hydrogen-bond acceptors (Lipinski definition) is 5. The highest BCUT2D eigenvalue weighted by Crippen LogP contribution is 2.19. The number of sulfonamides is 1. The lowest BCUT2D eigenvalue weighted by Gasteiger charge is -2.11. The van der Waals surface area contributed by atoms with E-state index in [0.717, 1.165) is 13.0 Å². The highest BCUT2D eigenvalue weighted by molar-refractivity contribution is 7.90. The minimum atomic E-state index is -3.77. The van der Waals surface area contributed by atoms with Gasteiger partial charge in [0.1, 0.15) is 11.5 Å². The second-order valence-corrected chi connectivity index (χ2v) is 7.63. The number of nitrogens with one attached hydrogen (secondary N) is 1. The largest absolute Gasteiger partial charge is 0.362 e. The molecule has 26 heavy (non-hydrogen) atoms. The lowest BCUT2D eigenvalue weighted by atomic mass is 10.3. The predicted octanol–water partition coefficient (Wildman–Crippen LogP) is 1.85. The van der Waals surface area contributed by atoms with Gasteiger partial charge in [-0.25, -0.2) is 4.98 Å². The first-order valence-electron chi connectivity index (χ1n) is 8.10. The summed E-state index contributed by atoms with van der Waals surface area (Å²) in [6.45, 7) is 2.59. The first-order chi connectivity index (χ1) is 12.3. The van der Waals surface area contributed by atoms with Crippen LogP contribution in [0, 0.1) is 6.92 Å². The van der Waals surface area contributed by atoms with Gasteiger partial charge in [0.2, 0.25) is 0 Å². The monoisotopic (exact) mass is 373 g/mol. The second-order valence-electron chi connectivity index (χ2n) is 6.03. The number of nitrogens with zero attached hydrogens (tertiary/aromatic N) is 4. The van der Waals surface area contributed by atoms with Gasteiger partial charge in [-0.05, 0) is 37.6 Å². The summed E-state index contributed by atoms with van der Waals surface area (Å²) in [6.07, 6.45) is 4.45. The molecule has 2 aromatic rings. The number of amidine groups is 1. The number of carbonyl (C=O) groups excluding carboxylic acids is 1. The lowest BCUT2D eigenvalue weighted by molar-refractivity contribution is 0.102. The SMILES string of the molecule is Cc1cnc(C(=O)Nc2ccc(S(=O)(=O)N=C3CCCN3C)cc2)cn1. The molecule has 2 heterocycles. The Kier molecular flexibility index (Phi) is 4.99. The number of likely N-dealkylation sites (tertiary alicyclic amines) is 1. The first kappa shape index (κ1) is 18.0. The first-order valence-corrected chi connectivity index (χ1v) is 9.54. The highest BCUT2D eigenvalue weighted by atomic mass is 32.2. The van der Waals surface area contributed by atoms with E-state index in [0.29, 0.717) is 23.6 Å². The quantitative estimate of drug-likeness (QED) is 0.877. The molecule has 0 saturated carbocycles. The summed E-state index contributed by atoms with van der Waals surface area (Å²) in [4.78, 5) is 22.1. The van der Waals surface area contributed by atoms with E-state index in [-0.39, 0.29) is 10.6 Å². The summed E-state index contributed by atoms with van der Waals surface area (Å²) < 4.78 is 28.7. The van der Waals surface area contributed by atoms with Crippen molar-refractivity contribution in [3.05, 3.63) is 48.0 Å². The van der Waals surface area contributed by atoms with Crippen molar-refractivity contribution < 1.29 is 13.2 Å². The van der Waals surface area contributed by atoms with Gasteiger partial charge in [0.15, 0.2) is 0 Å². The molecule has 9 heteroatoms. The van der Waals surface area contributed by atoms with Crippen LogP contribution in [0.1, 0.15) is 29.0 Å². The molecule has 0 bridgehead atoms. The fourth-order valence-electron chi connectivity index (χ4n) is 2.52. The van der Waals surface area contributed by atoms with E-state index in [4.69, 9.17) is 0 Å². The lowest BCUT2D eigenvalue weighted by Crippen LogP contribution is -2.20. The van der Waals surface area contributed by atoms with Crippen LogP contribution in [-0.2, 0) is 10.0 Å². The third-order valence-corrected chi connectivity index (χ3v) is 5.30. The van der Waals surface area contributed by atoms with Crippen LogP contribution in [0.2, 0.25) is 0 Å². The van der Waals surface area contributed by atoms with Crippen molar-refractivity contribution in [3.8, 4) is 0 Å². The molecule has 0 aliphatic carbocycles. The van der Waals surface area contributed by atoms with E-state index in [9.17, 15) is 13.2 Å². The van der Waals surface area contributed by atoms with Crippen molar-refractivity contribution in [2.24, 2.45) is 4.40 Å². The maximum atomic E-state index is 12.4. The molecule has 1 aliphatic rings. The molecule has 1 saturated heterocycles. The maximum Gasteiger partial charge on any atom is 0.283 e. The Morgan fingerprint density at radius 1 is 1.19 bits per heavy atom. The third kappa shape index (κ3) is 4.05. The molecular weight excluding hydrogens is 354 g/mol. The molecule has 3 rings (SSSR count). The second kappa shape index (κ2) is 7.20. The molecule has 1 amide bonds. The van der Waals surface area contributed by atoms with E-state index < -0.39 is 15.9 Å². The smallest absolute Gasteiger partial charge is 0.283 e. The van der Waals surface area contributed by atoms with Gasteiger partial charge in [0.25, 0.3) is 15.9 Å². The zero-order chi connectivity index (χ0) is 18.7. The molecule has 136 valence electrons. The molecule has 0 unspecified atom stereocenters. The number of aromatic nitrogens is 2. The molecule has 1 aromatic carbocycles. The van der Waals surface area contributed by atoms with Crippen LogP contribution < -0.4 is 5.32 Å². The Morgan fingerprint density at radius 3 is 2.50 bits per heavy atom. The molecule has 1 N–H and O–H groups in total. The fourth-order valence-corrected chi connectivity index (χ4v) is 3.61. The van der Waals surface area contributed by atoms with Crippen LogP contribution in [0.25, 0.3) is 0 Å². The fraction of sp³-hybridized carbons (Fsp3) is 0.294. The molecule has 1 fully saturated rings. The number of benzene rings is 1. The van der Waals surface area contributed by atoms with Crippen LogP contribution >= 0.6 is 0 Å². The van der Waals surface area contributed by atoms with Crippen molar-refractivity contribution >= 4 is 27.5 Å². The van der Waals surface area contributed by atoms with Gasteiger partial charge in [-0.1, -0.05) is 0 Å². The maximum absolute atomic E-state index is 12.4. The summed E-state index contributed by atoms with van der Waals surface area (Å²) in [5.41, 5.74) is 1.36. The topological polar surface area (TPSA) is 105 Å². The molecule has 0 radical (unpaired) electrons. The van der Waals surface area contributed by atoms with Crippen molar-refractivity contribution in [3.63, 3.8) is 0 Å². The van der Waals surface area contributed by atoms with E-state index in [1.807, 2.05) is 11.9 Å². The van der Waals surface area contributed by atoms with Crippen LogP contribution in [0.5, 0.6) is 0 Å². The summed E-state index contributed by atoms with van der Waals surface area (Å²) in [5, 5.41) is 2.66. The molecule has 0 atom stereocenters. The van der Waals surface area contributed by atoms with Crippen molar-refractivity contribution in [2.75, 3.05) is 18.9 Å². The van der Waals surface area contributed by atoms with Gasteiger partial charge in [-0.15, -0.1) is 4.40 Å². The number of carbonyl (C=O) groups is 1. The summed E-state index contributed by atoms with van der Waals surface area (Å²) in [7, 11) is -1.94. The van der Waals surface area contributed by atoms with Crippen LogP contribution in [-0.4, -0.2) is 48.6 Å². The summed E-state index contributed by atoms with van der Waals surface area (Å²) in [5.74, 6) is 0.154. The molecule has 1 aliphatic heterocycles. The van der Waals surface area contributed by atoms with Crippen LogP contribution in [0.4, 0.5) is 5.69 Å². The van der Waals surface area contributed by atoms with Gasteiger partial charge in [-0.2, -0.15) is 8.42 Å². The van der Waals surface area contributed by atoms with E-state index >= 15 is 0 Å². The number of anilines is 1. The third-order valence-electron chi connectivity index (χ3n) is 3.98. The zero-order valence-electron chi connectivity index (χ0n) is 14.5. The van der Waals surface area contributed by atoms with E-state index in [1.54, 1.807) is 6.92 Å². The summed E-state index contributed by atoms with van der Waals surface area (Å²) >= 11 is 0. The Hall–Kier alpha value is -2.81. The minimum absolute atomic E-state index is 0.0819. The van der Waals surface area contributed by atoms with Gasteiger partial charge < -0.3 is 10.2 Å². The standard InChI is InChI=1S/C17H19N5O3S/c1-12-10-19-15(11-18-12)17(23)20-13-5-7-14(8-6-13)26(24,25)21-16-4-3-9-22(16)2/h5-8,10-11H,3-4,9H2,1-2H3,(H,20,23). The summed E-state index contributed by atoms with van der Waals surface area (Å²) in [6, 6.07) is 5.88. The van der Waals surface area contributed by atoms with Crippen molar-refractivity contribution in [1.29, 1.82) is 0 Å². The molecule has 0 spiro atoms.